The number of aromatic amines is 1. The predicted octanol–water partition coefficient (Wildman–Crippen LogP) is 5.24. The summed E-state index contributed by atoms with van der Waals surface area (Å²) in [6.45, 7) is 0.607. The van der Waals surface area contributed by atoms with E-state index in [4.69, 9.17) is 10.5 Å². The van der Waals surface area contributed by atoms with Crippen LogP contribution in [0.25, 0.3) is 21.9 Å². The maximum atomic E-state index is 13.3. The predicted molar refractivity (Wildman–Crippen MR) is 116 cm³/mol. The summed E-state index contributed by atoms with van der Waals surface area (Å²) >= 11 is 0. The van der Waals surface area contributed by atoms with Crippen molar-refractivity contribution in [2.75, 3.05) is 11.1 Å². The van der Waals surface area contributed by atoms with Crippen molar-refractivity contribution >= 4 is 33.6 Å². The van der Waals surface area contributed by atoms with Gasteiger partial charge in [0.05, 0.1) is 16.6 Å². The van der Waals surface area contributed by atoms with Crippen molar-refractivity contribution in [3.05, 3.63) is 84.2 Å². The second-order valence-electron chi connectivity index (χ2n) is 6.95. The first-order valence-corrected chi connectivity index (χ1v) is 9.45. The number of anilines is 2. The number of ether oxygens (including phenoxy) is 1. The average molecular weight is 399 g/mol. The van der Waals surface area contributed by atoms with Gasteiger partial charge in [-0.05, 0) is 60.2 Å². The molecule has 4 N–H and O–H groups in total. The van der Waals surface area contributed by atoms with E-state index in [-0.39, 0.29) is 5.82 Å². The number of hydrogen-bond acceptors (Lipinski definition) is 5. The Bertz CT molecular complexity index is 1350. The summed E-state index contributed by atoms with van der Waals surface area (Å²) in [5, 5.41) is 4.01. The summed E-state index contributed by atoms with van der Waals surface area (Å²) in [7, 11) is 0. The molecule has 0 saturated carbocycles. The first-order chi connectivity index (χ1) is 14.6. The number of nitrogens with one attached hydrogen (secondary N) is 2. The van der Waals surface area contributed by atoms with E-state index in [1.165, 1.54) is 12.1 Å². The van der Waals surface area contributed by atoms with E-state index in [9.17, 15) is 4.39 Å². The van der Waals surface area contributed by atoms with Crippen LogP contribution in [0.5, 0.6) is 11.6 Å². The maximum absolute atomic E-state index is 13.3. The highest BCUT2D eigenvalue weighted by molar-refractivity contribution is 5.81. The molecule has 148 valence electrons. The van der Waals surface area contributed by atoms with Gasteiger partial charge in [-0.15, -0.1) is 0 Å². The first kappa shape index (κ1) is 17.9. The molecule has 0 bridgehead atoms. The molecule has 30 heavy (non-hydrogen) atoms. The molecule has 2 aromatic heterocycles. The van der Waals surface area contributed by atoms with Gasteiger partial charge >= 0.3 is 0 Å². The number of H-pyrrole nitrogens is 1. The van der Waals surface area contributed by atoms with E-state index in [1.54, 1.807) is 18.2 Å². The molecule has 7 heteroatoms. The standard InChI is InChI=1S/C23H18FN5O/c24-16-4-8-19-15(11-16)3-10-22(27-19)30-18-6-1-14(2-7-18)13-26-23-28-20-9-5-17(25)12-21(20)29-23/h1-12H,13,25H2,(H2,26,28,29). The van der Waals surface area contributed by atoms with Crippen LogP contribution < -0.4 is 15.8 Å². The molecular weight excluding hydrogens is 381 g/mol. The smallest absolute Gasteiger partial charge is 0.219 e. The van der Waals surface area contributed by atoms with E-state index in [0.717, 1.165) is 22.0 Å². The molecule has 0 unspecified atom stereocenters. The number of nitrogens with zero attached hydrogens (tertiary/aromatic N) is 2. The fourth-order valence-corrected chi connectivity index (χ4v) is 3.23. The molecule has 5 rings (SSSR count). The molecule has 0 aliphatic rings. The Morgan fingerprint density at radius 3 is 2.60 bits per heavy atom. The van der Waals surface area contributed by atoms with Crippen LogP contribution in [0, 0.1) is 5.82 Å². The lowest BCUT2D eigenvalue weighted by atomic mass is 10.2. The summed E-state index contributed by atoms with van der Waals surface area (Å²) < 4.78 is 19.1. The largest absolute Gasteiger partial charge is 0.439 e. The number of pyridine rings is 1. The number of halogens is 1. The lowest BCUT2D eigenvalue weighted by molar-refractivity contribution is 0.465. The minimum Gasteiger partial charge on any atom is -0.439 e. The molecule has 0 fully saturated rings. The van der Waals surface area contributed by atoms with Gasteiger partial charge < -0.3 is 20.8 Å². The monoisotopic (exact) mass is 399 g/mol. The van der Waals surface area contributed by atoms with E-state index < -0.39 is 0 Å². The summed E-state index contributed by atoms with van der Waals surface area (Å²) in [5.74, 6) is 1.54. The fraction of sp³-hybridized carbons (Fsp3) is 0.0435. The van der Waals surface area contributed by atoms with E-state index in [2.05, 4.69) is 20.3 Å². The normalized spacial score (nSPS) is 11.1. The SMILES string of the molecule is Nc1ccc2nc(NCc3ccc(Oc4ccc5cc(F)ccc5n4)cc3)[nH]c2c1. The molecule has 0 aliphatic heterocycles. The third-order valence-corrected chi connectivity index (χ3v) is 4.74. The number of benzene rings is 3. The van der Waals surface area contributed by atoms with Gasteiger partial charge in [-0.1, -0.05) is 12.1 Å². The molecule has 0 atom stereocenters. The van der Waals surface area contributed by atoms with Crippen molar-refractivity contribution in [3.63, 3.8) is 0 Å². The summed E-state index contributed by atoms with van der Waals surface area (Å²) in [6, 6.07) is 21.3. The molecule has 2 heterocycles. The Labute approximate surface area is 171 Å². The van der Waals surface area contributed by atoms with Gasteiger partial charge in [0.1, 0.15) is 11.6 Å². The number of nitrogens with two attached hydrogens (primary N) is 1. The number of nitrogen functional groups attached to an aromatic ring is 1. The van der Waals surface area contributed by atoms with Crippen LogP contribution in [0.15, 0.2) is 72.8 Å². The van der Waals surface area contributed by atoms with Crippen molar-refractivity contribution in [1.29, 1.82) is 0 Å². The zero-order chi connectivity index (χ0) is 20.5. The van der Waals surface area contributed by atoms with Gasteiger partial charge in [-0.2, -0.15) is 0 Å². The van der Waals surface area contributed by atoms with Crippen molar-refractivity contribution in [2.45, 2.75) is 6.54 Å². The number of rotatable bonds is 5. The molecule has 5 aromatic rings. The third-order valence-electron chi connectivity index (χ3n) is 4.74. The lowest BCUT2D eigenvalue weighted by Crippen LogP contribution is -2.00. The maximum Gasteiger partial charge on any atom is 0.219 e. The van der Waals surface area contributed by atoms with Crippen LogP contribution >= 0.6 is 0 Å². The number of fused-ring (bicyclic) bond motifs is 2. The van der Waals surface area contributed by atoms with Crippen molar-refractivity contribution < 1.29 is 9.13 Å². The summed E-state index contributed by atoms with van der Waals surface area (Å²) in [5.41, 5.74) is 10.0. The van der Waals surface area contributed by atoms with Gasteiger partial charge in [0, 0.05) is 23.7 Å². The average Bonchev–Trinajstić information content (AvgIpc) is 3.15. The summed E-state index contributed by atoms with van der Waals surface area (Å²) in [4.78, 5) is 12.1. The van der Waals surface area contributed by atoms with Crippen LogP contribution in [0.1, 0.15) is 5.56 Å². The van der Waals surface area contributed by atoms with Crippen molar-refractivity contribution in [2.24, 2.45) is 0 Å². The Balaban J connectivity index is 1.25. The molecular formula is C23H18FN5O. The topological polar surface area (TPSA) is 88.8 Å². The minimum atomic E-state index is -0.283. The van der Waals surface area contributed by atoms with Gasteiger partial charge in [-0.3, -0.25) is 0 Å². The lowest BCUT2D eigenvalue weighted by Gasteiger charge is -2.08. The van der Waals surface area contributed by atoms with Crippen LogP contribution in [0.4, 0.5) is 16.0 Å². The zero-order valence-electron chi connectivity index (χ0n) is 15.9. The van der Waals surface area contributed by atoms with Crippen LogP contribution in [0.2, 0.25) is 0 Å². The zero-order valence-corrected chi connectivity index (χ0v) is 15.9. The van der Waals surface area contributed by atoms with Crippen LogP contribution in [-0.2, 0) is 6.54 Å². The quantitative estimate of drug-likeness (QED) is 0.352. The number of imidazole rings is 1. The highest BCUT2D eigenvalue weighted by Crippen LogP contribution is 2.24. The van der Waals surface area contributed by atoms with Gasteiger partial charge in [0.25, 0.3) is 0 Å². The number of aromatic nitrogens is 3. The van der Waals surface area contributed by atoms with Crippen LogP contribution in [0.3, 0.4) is 0 Å². The minimum absolute atomic E-state index is 0.283. The van der Waals surface area contributed by atoms with Gasteiger partial charge in [0.15, 0.2) is 0 Å². The molecule has 3 aromatic carbocycles. The van der Waals surface area contributed by atoms with Gasteiger partial charge in [0.2, 0.25) is 11.8 Å². The van der Waals surface area contributed by atoms with Crippen molar-refractivity contribution in [3.8, 4) is 11.6 Å². The number of hydrogen-bond donors (Lipinski definition) is 3. The third kappa shape index (κ3) is 3.73. The van der Waals surface area contributed by atoms with E-state index in [1.807, 2.05) is 42.5 Å². The molecule has 0 saturated heterocycles. The Hall–Kier alpha value is -4.13. The highest BCUT2D eigenvalue weighted by atomic mass is 19.1. The Kier molecular flexibility index (Phi) is 4.40. The van der Waals surface area contributed by atoms with Crippen molar-refractivity contribution in [1.82, 2.24) is 15.0 Å². The first-order valence-electron chi connectivity index (χ1n) is 9.45. The molecule has 6 nitrogen and oxygen atoms in total. The molecule has 0 spiro atoms. The fourth-order valence-electron chi connectivity index (χ4n) is 3.23. The van der Waals surface area contributed by atoms with E-state index >= 15 is 0 Å². The molecule has 0 amide bonds. The second-order valence-corrected chi connectivity index (χ2v) is 6.95. The van der Waals surface area contributed by atoms with Crippen LogP contribution in [-0.4, -0.2) is 15.0 Å². The summed E-state index contributed by atoms with van der Waals surface area (Å²) in [6.07, 6.45) is 0. The second kappa shape index (κ2) is 7.36. The van der Waals surface area contributed by atoms with Gasteiger partial charge in [-0.25, -0.2) is 14.4 Å². The molecule has 0 aliphatic carbocycles. The highest BCUT2D eigenvalue weighted by Gasteiger charge is 2.05. The Morgan fingerprint density at radius 1 is 0.900 bits per heavy atom. The Morgan fingerprint density at radius 2 is 1.73 bits per heavy atom. The molecule has 0 radical (unpaired) electrons. The van der Waals surface area contributed by atoms with E-state index in [0.29, 0.717) is 35.3 Å².